The minimum Gasteiger partial charge on any atom is -0.487 e. The van der Waals surface area contributed by atoms with Crippen LogP contribution in [0.3, 0.4) is 0 Å². The third-order valence-corrected chi connectivity index (χ3v) is 5.73. The van der Waals surface area contributed by atoms with E-state index in [0.29, 0.717) is 12.8 Å². The van der Waals surface area contributed by atoms with Crippen molar-refractivity contribution in [2.45, 2.75) is 70.1 Å². The van der Waals surface area contributed by atoms with Crippen LogP contribution in [0.2, 0.25) is 0 Å². The molecule has 0 heterocycles. The molecule has 2 aliphatic carbocycles. The fourth-order valence-electron chi connectivity index (χ4n) is 3.89. The summed E-state index contributed by atoms with van der Waals surface area (Å²) in [5, 5.41) is 13.2. The Morgan fingerprint density at radius 3 is 2.46 bits per heavy atom. The number of aliphatic hydroxyl groups is 1. The van der Waals surface area contributed by atoms with E-state index in [0.717, 1.165) is 43.9 Å². The van der Waals surface area contributed by atoms with Gasteiger partial charge in [0.25, 0.3) is 0 Å². The van der Waals surface area contributed by atoms with Crippen molar-refractivity contribution in [1.82, 2.24) is 5.32 Å². The lowest BCUT2D eigenvalue weighted by Gasteiger charge is -2.38. The van der Waals surface area contributed by atoms with Crippen LogP contribution in [0.5, 0.6) is 5.75 Å². The van der Waals surface area contributed by atoms with Crippen LogP contribution in [0, 0.1) is 23.5 Å². The lowest BCUT2D eigenvalue weighted by molar-refractivity contribution is -0.131. The zero-order valence-corrected chi connectivity index (χ0v) is 15.3. The lowest BCUT2D eigenvalue weighted by Crippen LogP contribution is -2.48. The van der Waals surface area contributed by atoms with E-state index < -0.39 is 17.2 Å². The van der Waals surface area contributed by atoms with Crippen molar-refractivity contribution >= 4 is 5.91 Å². The van der Waals surface area contributed by atoms with E-state index in [4.69, 9.17) is 4.74 Å². The van der Waals surface area contributed by atoms with Gasteiger partial charge in [-0.3, -0.25) is 4.79 Å². The number of carbonyl (C=O) groups is 1. The first-order valence-electron chi connectivity index (χ1n) is 9.37. The molecule has 4 nitrogen and oxygen atoms in total. The van der Waals surface area contributed by atoms with Crippen LogP contribution in [0.15, 0.2) is 18.2 Å². The van der Waals surface area contributed by atoms with Gasteiger partial charge in [-0.05, 0) is 70.4 Å². The Bertz CT molecular complexity index is 645. The Morgan fingerprint density at radius 2 is 1.85 bits per heavy atom. The van der Waals surface area contributed by atoms with E-state index in [2.05, 4.69) is 5.32 Å². The molecule has 2 N–H and O–H groups in total. The van der Waals surface area contributed by atoms with Gasteiger partial charge >= 0.3 is 0 Å². The number of carbonyl (C=O) groups excluding carboxylic acids is 1. The van der Waals surface area contributed by atoms with E-state index in [1.54, 1.807) is 0 Å². The van der Waals surface area contributed by atoms with Crippen LogP contribution < -0.4 is 10.1 Å². The number of rotatable bonds is 5. The number of hydrogen-bond acceptors (Lipinski definition) is 3. The van der Waals surface area contributed by atoms with Crippen molar-refractivity contribution in [2.24, 2.45) is 11.8 Å². The molecule has 0 bridgehead atoms. The normalized spacial score (nSPS) is 29.0. The molecule has 0 aliphatic heterocycles. The Labute approximate surface area is 152 Å². The maximum Gasteiger partial charge on any atom is 0.223 e. The molecule has 0 radical (unpaired) electrons. The standard InChI is InChI=1S/C20H27F2NO3/c1-20(2,25)13-3-6-15(7-4-13)23-19(24)12-9-16(10-12)26-18-11-14(21)5-8-17(18)22/h5,8,11-13,15-16,25H,3-4,6-7,9-10H2,1-2H3,(H,23,24). The predicted octanol–water partition coefficient (Wildman–Crippen LogP) is 3.57. The fourth-order valence-corrected chi connectivity index (χ4v) is 3.89. The number of nitrogens with one attached hydrogen (secondary N) is 1. The summed E-state index contributed by atoms with van der Waals surface area (Å²) in [4.78, 5) is 12.3. The molecule has 3 rings (SSSR count). The monoisotopic (exact) mass is 367 g/mol. The zero-order valence-electron chi connectivity index (χ0n) is 15.3. The molecule has 0 aromatic heterocycles. The van der Waals surface area contributed by atoms with Crippen LogP contribution in [-0.4, -0.2) is 28.8 Å². The second kappa shape index (κ2) is 7.51. The van der Waals surface area contributed by atoms with E-state index in [1.807, 2.05) is 13.8 Å². The van der Waals surface area contributed by atoms with Crippen LogP contribution >= 0.6 is 0 Å². The van der Waals surface area contributed by atoms with Crippen molar-refractivity contribution in [3.8, 4) is 5.75 Å². The van der Waals surface area contributed by atoms with Crippen LogP contribution in [0.4, 0.5) is 8.78 Å². The molecule has 0 saturated heterocycles. The summed E-state index contributed by atoms with van der Waals surface area (Å²) in [7, 11) is 0. The van der Waals surface area contributed by atoms with Crippen molar-refractivity contribution in [1.29, 1.82) is 0 Å². The van der Waals surface area contributed by atoms with E-state index in [9.17, 15) is 18.7 Å². The number of amides is 1. The van der Waals surface area contributed by atoms with Gasteiger partial charge in [-0.15, -0.1) is 0 Å². The van der Waals surface area contributed by atoms with Gasteiger partial charge in [-0.1, -0.05) is 0 Å². The average Bonchev–Trinajstić information content (AvgIpc) is 2.53. The van der Waals surface area contributed by atoms with Gasteiger partial charge in [0.05, 0.1) is 5.60 Å². The number of ether oxygens (including phenoxy) is 1. The molecule has 1 aromatic carbocycles. The fraction of sp³-hybridized carbons (Fsp3) is 0.650. The first-order chi connectivity index (χ1) is 12.2. The first kappa shape index (κ1) is 19.1. The molecule has 2 saturated carbocycles. The highest BCUT2D eigenvalue weighted by Crippen LogP contribution is 2.35. The highest BCUT2D eigenvalue weighted by atomic mass is 19.1. The van der Waals surface area contributed by atoms with Crippen LogP contribution in [0.1, 0.15) is 52.4 Å². The Morgan fingerprint density at radius 1 is 1.19 bits per heavy atom. The first-order valence-corrected chi connectivity index (χ1v) is 9.37. The average molecular weight is 367 g/mol. The van der Waals surface area contributed by atoms with Gasteiger partial charge in [0.2, 0.25) is 5.91 Å². The number of benzene rings is 1. The van der Waals surface area contributed by atoms with Crippen molar-refractivity contribution in [2.75, 3.05) is 0 Å². The predicted molar refractivity (Wildman–Crippen MR) is 93.7 cm³/mol. The summed E-state index contributed by atoms with van der Waals surface area (Å²) in [5.74, 6) is -1.09. The summed E-state index contributed by atoms with van der Waals surface area (Å²) in [5.41, 5.74) is -0.667. The Balaban J connectivity index is 1.41. The number of halogens is 2. The SMILES string of the molecule is CC(C)(O)C1CCC(NC(=O)C2CC(Oc3cc(F)ccc3F)C2)CC1. The summed E-state index contributed by atoms with van der Waals surface area (Å²) in [6, 6.07) is 3.27. The van der Waals surface area contributed by atoms with Gasteiger partial charge < -0.3 is 15.2 Å². The van der Waals surface area contributed by atoms with Gasteiger partial charge in [0.1, 0.15) is 11.9 Å². The smallest absolute Gasteiger partial charge is 0.223 e. The third-order valence-electron chi connectivity index (χ3n) is 5.73. The molecule has 2 fully saturated rings. The minimum atomic E-state index is -0.667. The Hall–Kier alpha value is -1.69. The second-order valence-electron chi connectivity index (χ2n) is 8.19. The molecule has 2 aliphatic rings. The maximum absolute atomic E-state index is 13.6. The van der Waals surface area contributed by atoms with E-state index in [-0.39, 0.29) is 35.6 Å². The molecule has 0 unspecified atom stereocenters. The van der Waals surface area contributed by atoms with Gasteiger partial charge in [-0.2, -0.15) is 0 Å². The topological polar surface area (TPSA) is 58.6 Å². The number of hydrogen-bond donors (Lipinski definition) is 2. The van der Waals surface area contributed by atoms with Crippen molar-refractivity contribution in [3.63, 3.8) is 0 Å². The maximum atomic E-state index is 13.6. The molecule has 144 valence electrons. The Kier molecular flexibility index (Phi) is 5.51. The second-order valence-corrected chi connectivity index (χ2v) is 8.19. The van der Waals surface area contributed by atoms with Gasteiger partial charge in [0.15, 0.2) is 11.6 Å². The zero-order chi connectivity index (χ0) is 18.9. The summed E-state index contributed by atoms with van der Waals surface area (Å²) >= 11 is 0. The summed E-state index contributed by atoms with van der Waals surface area (Å²) < 4.78 is 32.2. The van der Waals surface area contributed by atoms with Crippen molar-refractivity contribution in [3.05, 3.63) is 29.8 Å². The highest BCUT2D eigenvalue weighted by molar-refractivity contribution is 5.80. The molecule has 1 amide bonds. The molecule has 26 heavy (non-hydrogen) atoms. The minimum absolute atomic E-state index is 0.0104. The molecule has 0 spiro atoms. The lowest BCUT2D eigenvalue weighted by atomic mass is 9.76. The molecule has 1 aromatic rings. The van der Waals surface area contributed by atoms with Crippen LogP contribution in [0.25, 0.3) is 0 Å². The third kappa shape index (κ3) is 4.53. The van der Waals surface area contributed by atoms with E-state index in [1.165, 1.54) is 0 Å². The molecular weight excluding hydrogens is 340 g/mol. The molecular formula is C20H27F2NO3. The van der Waals surface area contributed by atoms with Gasteiger partial charge in [0, 0.05) is 18.0 Å². The van der Waals surface area contributed by atoms with E-state index >= 15 is 0 Å². The summed E-state index contributed by atoms with van der Waals surface area (Å²) in [6.45, 7) is 3.68. The quantitative estimate of drug-likeness (QED) is 0.836. The molecule has 6 heteroatoms. The molecule has 0 atom stereocenters. The van der Waals surface area contributed by atoms with Crippen molar-refractivity contribution < 1.29 is 23.4 Å². The highest BCUT2D eigenvalue weighted by Gasteiger charge is 2.38. The largest absolute Gasteiger partial charge is 0.487 e. The summed E-state index contributed by atoms with van der Waals surface area (Å²) in [6.07, 6.45) is 4.34. The van der Waals surface area contributed by atoms with Crippen LogP contribution in [-0.2, 0) is 4.79 Å². The van der Waals surface area contributed by atoms with Gasteiger partial charge in [-0.25, -0.2) is 8.78 Å².